The van der Waals surface area contributed by atoms with E-state index in [2.05, 4.69) is 47.5 Å². The maximum Gasteiger partial charge on any atom is 0.212 e. The fraction of sp³-hybridized carbons (Fsp3) is 0.375. The first-order valence-corrected chi connectivity index (χ1v) is 10.7. The number of nitriles is 1. The van der Waals surface area contributed by atoms with E-state index in [0.717, 1.165) is 41.3 Å². The highest BCUT2D eigenvalue weighted by molar-refractivity contribution is 5.97. The second-order valence-corrected chi connectivity index (χ2v) is 8.46. The zero-order chi connectivity index (χ0) is 22.1. The molecule has 3 aromatic rings. The van der Waals surface area contributed by atoms with Crippen molar-refractivity contribution in [2.45, 2.75) is 26.8 Å². The van der Waals surface area contributed by atoms with Crippen LogP contribution in [0, 0.1) is 29.7 Å². The molecule has 1 saturated heterocycles. The smallest absolute Gasteiger partial charge is 0.212 e. The molecule has 0 saturated carbocycles. The largest absolute Gasteiger partial charge is 0.338 e. The number of guanidine groups is 1. The molecule has 7 heteroatoms. The first-order valence-electron chi connectivity index (χ1n) is 10.7. The molecule has 4 rings (SSSR count). The van der Waals surface area contributed by atoms with Crippen LogP contribution in [0.3, 0.4) is 0 Å². The number of aromatic nitrogens is 2. The van der Waals surface area contributed by atoms with Crippen molar-refractivity contribution in [2.75, 3.05) is 29.4 Å². The number of nitrogens with one attached hydrogen (secondary N) is 1. The van der Waals surface area contributed by atoms with Gasteiger partial charge in [0.2, 0.25) is 11.9 Å². The van der Waals surface area contributed by atoms with Crippen molar-refractivity contribution in [3.8, 4) is 6.19 Å². The van der Waals surface area contributed by atoms with E-state index in [9.17, 15) is 5.26 Å². The van der Waals surface area contributed by atoms with Crippen LogP contribution in [0.15, 0.2) is 48.5 Å². The van der Waals surface area contributed by atoms with Crippen molar-refractivity contribution in [3.05, 3.63) is 54.1 Å². The Kier molecular flexibility index (Phi) is 5.55. The molecule has 0 radical (unpaired) electrons. The van der Waals surface area contributed by atoms with E-state index >= 15 is 0 Å². The van der Waals surface area contributed by atoms with Crippen molar-refractivity contribution < 1.29 is 0 Å². The Morgan fingerprint density at radius 3 is 2.55 bits per heavy atom. The zero-order valence-electron chi connectivity index (χ0n) is 18.6. The van der Waals surface area contributed by atoms with Gasteiger partial charge in [-0.25, -0.2) is 9.88 Å². The van der Waals surface area contributed by atoms with Crippen molar-refractivity contribution in [1.29, 1.82) is 10.7 Å². The Morgan fingerprint density at radius 2 is 1.87 bits per heavy atom. The number of piperazine rings is 1. The van der Waals surface area contributed by atoms with Crippen LogP contribution in [0.25, 0.3) is 11.0 Å². The predicted octanol–water partition coefficient (Wildman–Crippen LogP) is 3.95. The summed E-state index contributed by atoms with van der Waals surface area (Å²) in [6.45, 7) is 8.48. The summed E-state index contributed by atoms with van der Waals surface area (Å²) in [5, 5.41) is 18.8. The van der Waals surface area contributed by atoms with E-state index in [4.69, 9.17) is 10.4 Å². The normalized spacial score (nSPS) is 16.6. The van der Waals surface area contributed by atoms with E-state index < -0.39 is 0 Å². The number of anilines is 2. The van der Waals surface area contributed by atoms with Gasteiger partial charge >= 0.3 is 0 Å². The first kappa shape index (κ1) is 20.7. The molecule has 1 N–H and O–H groups in total. The summed E-state index contributed by atoms with van der Waals surface area (Å²) in [6, 6.07) is 16.0. The molecule has 0 spiro atoms. The Bertz CT molecular complexity index is 1140. The van der Waals surface area contributed by atoms with Gasteiger partial charge in [-0.05, 0) is 36.6 Å². The van der Waals surface area contributed by atoms with Gasteiger partial charge in [-0.15, -0.1) is 0 Å². The van der Waals surface area contributed by atoms with Gasteiger partial charge in [-0.3, -0.25) is 5.41 Å². The maximum absolute atomic E-state index is 9.86. The quantitative estimate of drug-likeness (QED) is 0.303. The molecular weight excluding hydrogens is 386 g/mol. The van der Waals surface area contributed by atoms with Gasteiger partial charge in [0, 0.05) is 26.7 Å². The number of imidazole rings is 1. The lowest BCUT2D eigenvalue weighted by Crippen LogP contribution is -2.60. The molecule has 7 nitrogen and oxygen atoms in total. The van der Waals surface area contributed by atoms with Crippen LogP contribution >= 0.6 is 0 Å². The second-order valence-electron chi connectivity index (χ2n) is 8.46. The van der Waals surface area contributed by atoms with Crippen LogP contribution in [0.2, 0.25) is 0 Å². The molecule has 1 aliphatic rings. The van der Waals surface area contributed by atoms with Gasteiger partial charge in [0.25, 0.3) is 0 Å². The van der Waals surface area contributed by atoms with Gasteiger partial charge in [0.05, 0.1) is 22.8 Å². The highest BCUT2D eigenvalue weighted by Crippen LogP contribution is 2.27. The summed E-state index contributed by atoms with van der Waals surface area (Å²) in [5.74, 6) is 1.50. The summed E-state index contributed by atoms with van der Waals surface area (Å²) < 4.78 is 2.14. The molecule has 1 fully saturated rings. The van der Waals surface area contributed by atoms with Crippen LogP contribution in [-0.2, 0) is 7.05 Å². The average Bonchev–Trinajstić information content (AvgIpc) is 3.11. The third-order valence-corrected chi connectivity index (χ3v) is 6.17. The maximum atomic E-state index is 9.86. The molecule has 0 amide bonds. The molecule has 1 atom stereocenters. The number of fused-ring (bicyclic) bond motifs is 1. The number of rotatable bonds is 3. The number of aryl methyl sites for hydroxylation is 2. The lowest BCUT2D eigenvalue weighted by atomic mass is 10.00. The standard InChI is InChI=1S/C24H29N7/c1-17(2)22-15-29(24-27-19-10-6-8-12-21(19)28(24)4)13-14-30(22)23(26)31(16-25)20-11-7-5-9-18(20)3/h5-12,17,22,26H,13-15H2,1-4H3. The first-order chi connectivity index (χ1) is 14.9. The fourth-order valence-electron chi connectivity index (χ4n) is 4.40. The topological polar surface area (TPSA) is 75.2 Å². The number of para-hydroxylation sites is 3. The number of hydrogen-bond acceptors (Lipinski definition) is 4. The summed E-state index contributed by atoms with van der Waals surface area (Å²) in [6.07, 6.45) is 2.22. The molecule has 0 bridgehead atoms. The van der Waals surface area contributed by atoms with E-state index in [0.29, 0.717) is 12.5 Å². The third kappa shape index (κ3) is 3.70. The van der Waals surface area contributed by atoms with Crippen LogP contribution in [0.5, 0.6) is 0 Å². The molecule has 2 heterocycles. The van der Waals surface area contributed by atoms with Gasteiger partial charge in [0.15, 0.2) is 6.19 Å². The summed E-state index contributed by atoms with van der Waals surface area (Å²) >= 11 is 0. The van der Waals surface area contributed by atoms with E-state index in [1.807, 2.05) is 49.4 Å². The average molecular weight is 416 g/mol. The van der Waals surface area contributed by atoms with Crippen molar-refractivity contribution in [1.82, 2.24) is 14.5 Å². The van der Waals surface area contributed by atoms with Crippen LogP contribution < -0.4 is 9.80 Å². The highest BCUT2D eigenvalue weighted by Gasteiger charge is 2.35. The van der Waals surface area contributed by atoms with E-state index in [-0.39, 0.29) is 12.0 Å². The molecule has 2 aromatic carbocycles. The molecule has 0 aliphatic carbocycles. The van der Waals surface area contributed by atoms with Crippen LogP contribution in [0.1, 0.15) is 19.4 Å². The molecular formula is C24H29N7. The zero-order valence-corrected chi connectivity index (χ0v) is 18.6. The van der Waals surface area contributed by atoms with Crippen LogP contribution in [-0.4, -0.2) is 46.1 Å². The second kappa shape index (κ2) is 8.31. The number of benzene rings is 2. The van der Waals surface area contributed by atoms with Crippen molar-refractivity contribution >= 4 is 28.6 Å². The van der Waals surface area contributed by atoms with E-state index in [1.54, 1.807) is 0 Å². The minimum Gasteiger partial charge on any atom is -0.338 e. The molecule has 31 heavy (non-hydrogen) atoms. The number of hydrogen-bond donors (Lipinski definition) is 1. The Balaban J connectivity index is 1.61. The van der Waals surface area contributed by atoms with Crippen LogP contribution in [0.4, 0.5) is 11.6 Å². The Hall–Kier alpha value is -3.53. The Morgan fingerprint density at radius 1 is 1.16 bits per heavy atom. The number of nitrogens with zero attached hydrogens (tertiary/aromatic N) is 6. The SMILES string of the molecule is Cc1ccccc1N(C#N)C(=N)N1CCN(c2nc3ccccc3n2C)CC1C(C)C. The lowest BCUT2D eigenvalue weighted by Gasteiger charge is -2.45. The molecule has 1 aromatic heterocycles. The van der Waals surface area contributed by atoms with E-state index in [1.165, 1.54) is 4.90 Å². The van der Waals surface area contributed by atoms with Gasteiger partial charge in [-0.2, -0.15) is 5.26 Å². The van der Waals surface area contributed by atoms with Crippen molar-refractivity contribution in [3.63, 3.8) is 0 Å². The molecule has 1 aliphatic heterocycles. The molecule has 1 unspecified atom stereocenters. The summed E-state index contributed by atoms with van der Waals surface area (Å²) in [4.78, 5) is 10.7. The minimum atomic E-state index is 0.0981. The monoisotopic (exact) mass is 415 g/mol. The van der Waals surface area contributed by atoms with Gasteiger partial charge < -0.3 is 14.4 Å². The Labute approximate surface area is 183 Å². The van der Waals surface area contributed by atoms with Gasteiger partial charge in [0.1, 0.15) is 0 Å². The summed E-state index contributed by atoms with van der Waals surface area (Å²) in [7, 11) is 2.05. The van der Waals surface area contributed by atoms with Gasteiger partial charge in [-0.1, -0.05) is 44.2 Å². The third-order valence-electron chi connectivity index (χ3n) is 6.17. The predicted molar refractivity (Wildman–Crippen MR) is 125 cm³/mol. The fourth-order valence-corrected chi connectivity index (χ4v) is 4.40. The minimum absolute atomic E-state index is 0.0981. The lowest BCUT2D eigenvalue weighted by molar-refractivity contribution is 0.220. The van der Waals surface area contributed by atoms with Crippen molar-refractivity contribution in [2.24, 2.45) is 13.0 Å². The highest BCUT2D eigenvalue weighted by atomic mass is 15.4. The summed E-state index contributed by atoms with van der Waals surface area (Å²) in [5.41, 5.74) is 3.85. The molecule has 160 valence electrons.